The number of aryl methyl sites for hydroxylation is 2. The van der Waals surface area contributed by atoms with Crippen LogP contribution in [0.25, 0.3) is 10.9 Å². The van der Waals surface area contributed by atoms with Crippen molar-refractivity contribution < 1.29 is 9.90 Å². The molecule has 5 nitrogen and oxygen atoms in total. The quantitative estimate of drug-likeness (QED) is 0.706. The van der Waals surface area contributed by atoms with E-state index < -0.39 is 5.97 Å². The molecule has 0 radical (unpaired) electrons. The van der Waals surface area contributed by atoms with Gasteiger partial charge in [0.1, 0.15) is 0 Å². The highest BCUT2D eigenvalue weighted by Gasteiger charge is 2.13. The van der Waals surface area contributed by atoms with Crippen molar-refractivity contribution in [3.63, 3.8) is 0 Å². The average molecular weight is 353 g/mol. The third-order valence-electron chi connectivity index (χ3n) is 4.17. The zero-order valence-electron chi connectivity index (χ0n) is 13.6. The van der Waals surface area contributed by atoms with E-state index in [1.54, 1.807) is 22.9 Å². The smallest absolute Gasteiger partial charge is 0.0995 e. The molecule has 0 spiro atoms. The molecule has 1 heterocycles. The lowest BCUT2D eigenvalue weighted by atomic mass is 10.1. The number of hydrogen-bond donors (Lipinski definition) is 0. The molecule has 0 aliphatic carbocycles. The minimum absolute atomic E-state index is 0.0261. The number of rotatable bonds is 5. The Morgan fingerprint density at radius 3 is 2.88 bits per heavy atom. The Bertz CT molecular complexity index is 1000. The highest BCUT2D eigenvalue weighted by Crippen LogP contribution is 2.25. The minimum Gasteiger partial charge on any atom is -0.550 e. The van der Waals surface area contributed by atoms with Gasteiger partial charge in [-0.3, -0.25) is 4.68 Å². The second-order valence-corrected chi connectivity index (χ2v) is 6.25. The van der Waals surface area contributed by atoms with Crippen LogP contribution in [0.5, 0.6) is 0 Å². The summed E-state index contributed by atoms with van der Waals surface area (Å²) >= 11 is 6.27. The molecule has 0 aliphatic rings. The molecular formula is C19H15ClN3O2-. The molecule has 0 saturated carbocycles. The lowest BCUT2D eigenvalue weighted by Crippen LogP contribution is -2.22. The average Bonchev–Trinajstić information content (AvgIpc) is 2.90. The predicted molar refractivity (Wildman–Crippen MR) is 93.1 cm³/mol. The molecule has 2 aromatic carbocycles. The van der Waals surface area contributed by atoms with Crippen LogP contribution < -0.4 is 5.11 Å². The Balaban J connectivity index is 2.03. The van der Waals surface area contributed by atoms with Gasteiger partial charge in [0, 0.05) is 21.9 Å². The van der Waals surface area contributed by atoms with E-state index in [0.29, 0.717) is 23.6 Å². The highest BCUT2D eigenvalue weighted by atomic mass is 35.5. The number of halogens is 1. The van der Waals surface area contributed by atoms with Crippen molar-refractivity contribution in [3.05, 3.63) is 63.8 Å². The standard InChI is InChI=1S/C19H16ClN3O2/c1-12-15-7-5-13(6-8-19(24)25)9-18(15)23(22-12)11-16-14(10-21)3-2-4-17(16)20/h2-5,7,9H,6,8,11H2,1H3,(H,24,25)/p-1. The van der Waals surface area contributed by atoms with Crippen molar-refractivity contribution >= 4 is 28.5 Å². The normalized spacial score (nSPS) is 10.8. The third kappa shape index (κ3) is 3.49. The van der Waals surface area contributed by atoms with Crippen LogP contribution >= 0.6 is 11.6 Å². The maximum absolute atomic E-state index is 10.7. The molecule has 0 fully saturated rings. The molecule has 0 N–H and O–H groups in total. The van der Waals surface area contributed by atoms with Crippen molar-refractivity contribution in [2.75, 3.05) is 0 Å². The zero-order valence-corrected chi connectivity index (χ0v) is 14.4. The van der Waals surface area contributed by atoms with Crippen LogP contribution in [-0.4, -0.2) is 15.7 Å². The first-order valence-corrected chi connectivity index (χ1v) is 8.20. The Labute approximate surface area is 150 Å². The molecule has 25 heavy (non-hydrogen) atoms. The molecule has 0 unspecified atom stereocenters. The van der Waals surface area contributed by atoms with Crippen LogP contribution in [0.3, 0.4) is 0 Å². The maximum Gasteiger partial charge on any atom is 0.0995 e. The largest absolute Gasteiger partial charge is 0.550 e. The summed E-state index contributed by atoms with van der Waals surface area (Å²) in [5.74, 6) is -1.07. The van der Waals surface area contributed by atoms with Gasteiger partial charge in [0.05, 0.1) is 29.4 Å². The van der Waals surface area contributed by atoms with Gasteiger partial charge in [-0.2, -0.15) is 10.4 Å². The minimum atomic E-state index is -1.07. The van der Waals surface area contributed by atoms with Crippen LogP contribution in [0.1, 0.15) is 28.8 Å². The molecule has 3 aromatic rings. The number of hydrogen-bond acceptors (Lipinski definition) is 4. The number of benzene rings is 2. The monoisotopic (exact) mass is 352 g/mol. The van der Waals surface area contributed by atoms with Crippen molar-refractivity contribution in [3.8, 4) is 6.07 Å². The molecule has 0 amide bonds. The molecule has 6 heteroatoms. The van der Waals surface area contributed by atoms with Gasteiger partial charge in [-0.1, -0.05) is 29.8 Å². The predicted octanol–water partition coefficient (Wildman–Crippen LogP) is 2.60. The van der Waals surface area contributed by atoms with E-state index in [2.05, 4.69) is 11.2 Å². The Morgan fingerprint density at radius 1 is 1.36 bits per heavy atom. The topological polar surface area (TPSA) is 81.7 Å². The van der Waals surface area contributed by atoms with E-state index in [4.69, 9.17) is 11.6 Å². The van der Waals surface area contributed by atoms with Gasteiger partial charge in [-0.05, 0) is 43.5 Å². The summed E-state index contributed by atoms with van der Waals surface area (Å²) in [5, 5.41) is 26.1. The van der Waals surface area contributed by atoms with Crippen molar-refractivity contribution in [2.24, 2.45) is 0 Å². The van der Waals surface area contributed by atoms with Gasteiger partial charge in [0.25, 0.3) is 0 Å². The summed E-state index contributed by atoms with van der Waals surface area (Å²) < 4.78 is 1.80. The number of fused-ring (bicyclic) bond motifs is 1. The van der Waals surface area contributed by atoms with E-state index >= 15 is 0 Å². The molecular weight excluding hydrogens is 338 g/mol. The first-order chi connectivity index (χ1) is 12.0. The van der Waals surface area contributed by atoms with Crippen LogP contribution in [0.2, 0.25) is 5.02 Å². The number of aliphatic carboxylic acids is 1. The summed E-state index contributed by atoms with van der Waals surface area (Å²) in [6, 6.07) is 13.2. The number of nitrogens with zero attached hydrogens (tertiary/aromatic N) is 3. The molecule has 0 saturated heterocycles. The third-order valence-corrected chi connectivity index (χ3v) is 4.52. The lowest BCUT2D eigenvalue weighted by molar-refractivity contribution is -0.305. The van der Waals surface area contributed by atoms with Gasteiger partial charge in [-0.15, -0.1) is 0 Å². The molecule has 1 aromatic heterocycles. The van der Waals surface area contributed by atoms with Gasteiger partial charge < -0.3 is 9.90 Å². The number of carboxylic acids is 1. The fraction of sp³-hybridized carbons (Fsp3) is 0.211. The number of carboxylic acid groups (broad SMARTS) is 1. The van der Waals surface area contributed by atoms with Crippen LogP contribution in [0.4, 0.5) is 0 Å². The van der Waals surface area contributed by atoms with Crippen molar-refractivity contribution in [2.45, 2.75) is 26.3 Å². The highest BCUT2D eigenvalue weighted by molar-refractivity contribution is 6.31. The maximum atomic E-state index is 10.7. The summed E-state index contributed by atoms with van der Waals surface area (Å²) in [6.45, 7) is 2.29. The fourth-order valence-corrected chi connectivity index (χ4v) is 3.12. The second kappa shape index (κ2) is 6.96. The number of nitriles is 1. The van der Waals surface area contributed by atoms with Crippen LogP contribution in [0, 0.1) is 18.3 Å². The lowest BCUT2D eigenvalue weighted by Gasteiger charge is -2.09. The SMILES string of the molecule is Cc1nn(Cc2c(Cl)cccc2C#N)c2cc(CCC(=O)[O-])ccc12. The van der Waals surface area contributed by atoms with Crippen molar-refractivity contribution in [1.29, 1.82) is 5.26 Å². The van der Waals surface area contributed by atoms with E-state index in [0.717, 1.165) is 27.7 Å². The summed E-state index contributed by atoms with van der Waals surface area (Å²) in [5.41, 5.74) is 3.89. The zero-order chi connectivity index (χ0) is 18.0. The van der Waals surface area contributed by atoms with E-state index in [1.807, 2.05) is 25.1 Å². The van der Waals surface area contributed by atoms with Gasteiger partial charge >= 0.3 is 0 Å². The Morgan fingerprint density at radius 2 is 2.16 bits per heavy atom. The summed E-state index contributed by atoms with van der Waals surface area (Å²) in [6.07, 6.45) is 0.375. The Hall–Kier alpha value is -2.84. The fourth-order valence-electron chi connectivity index (χ4n) is 2.88. The van der Waals surface area contributed by atoms with Crippen LogP contribution in [0.15, 0.2) is 36.4 Å². The van der Waals surface area contributed by atoms with E-state index in [1.165, 1.54) is 0 Å². The number of carbonyl (C=O) groups excluding carboxylic acids is 1. The van der Waals surface area contributed by atoms with Gasteiger partial charge in [-0.25, -0.2) is 0 Å². The summed E-state index contributed by atoms with van der Waals surface area (Å²) in [7, 11) is 0. The van der Waals surface area contributed by atoms with Crippen molar-refractivity contribution in [1.82, 2.24) is 9.78 Å². The van der Waals surface area contributed by atoms with E-state index in [-0.39, 0.29) is 6.42 Å². The second-order valence-electron chi connectivity index (χ2n) is 5.84. The van der Waals surface area contributed by atoms with Crippen LogP contribution in [-0.2, 0) is 17.8 Å². The van der Waals surface area contributed by atoms with Gasteiger partial charge in [0.15, 0.2) is 0 Å². The number of carbonyl (C=O) groups is 1. The Kier molecular flexibility index (Phi) is 4.73. The molecule has 126 valence electrons. The van der Waals surface area contributed by atoms with E-state index in [9.17, 15) is 15.2 Å². The first-order valence-electron chi connectivity index (χ1n) is 7.83. The first kappa shape index (κ1) is 17.0. The molecule has 0 aliphatic heterocycles. The van der Waals surface area contributed by atoms with Gasteiger partial charge in [0.2, 0.25) is 0 Å². The summed E-state index contributed by atoms with van der Waals surface area (Å²) in [4.78, 5) is 10.7. The molecule has 0 bridgehead atoms. The number of aromatic nitrogens is 2. The molecule has 3 rings (SSSR count). The molecule has 0 atom stereocenters.